The van der Waals surface area contributed by atoms with Crippen molar-refractivity contribution < 1.29 is 95.5 Å². The first kappa shape index (κ1) is 109. The molecule has 0 aromatic heterocycles. The molecule has 1 unspecified atom stereocenters. The van der Waals surface area contributed by atoms with E-state index < -0.39 is 61.7 Å². The number of benzene rings is 5. The molecule has 0 aliphatic rings. The Hall–Kier alpha value is -7.71. The Labute approximate surface area is 703 Å². The molecule has 5 rings (SSSR count). The van der Waals surface area contributed by atoms with Crippen LogP contribution in [-0.2, 0) is 110 Å². The zero-order valence-electron chi connectivity index (χ0n) is 77.8. The highest BCUT2D eigenvalue weighted by Crippen LogP contribution is 2.46. The molecule has 0 aliphatic carbocycles. The second kappa shape index (κ2) is 45.1. The van der Waals surface area contributed by atoms with Gasteiger partial charge < -0.3 is 71.5 Å². The molecule has 19 nitrogen and oxygen atoms in total. The number of unbranched alkanes of at least 4 members (excludes halogenated alkanes) is 5. The Bertz CT molecular complexity index is 3410. The lowest BCUT2D eigenvalue weighted by atomic mass is 9.77. The second-order valence-corrected chi connectivity index (χ2v) is 42.2. The summed E-state index contributed by atoms with van der Waals surface area (Å²) in [6.07, 6.45) is 10.6. The van der Waals surface area contributed by atoms with Gasteiger partial charge in [0.1, 0.15) is 28.7 Å². The van der Waals surface area contributed by atoms with E-state index in [9.17, 15) is 54.6 Å². The summed E-state index contributed by atoms with van der Waals surface area (Å²) in [6, 6.07) is 19.5. The summed E-state index contributed by atoms with van der Waals surface area (Å²) in [7, 11) is 0. The number of aryl methyl sites for hydroxylation is 4. The highest BCUT2D eigenvalue weighted by Gasteiger charge is 2.34. The number of aliphatic hydroxyl groups is 4. The van der Waals surface area contributed by atoms with E-state index in [0.29, 0.717) is 60.9 Å². The number of hydrogen-bond acceptors (Lipinski definition) is 14. The summed E-state index contributed by atoms with van der Waals surface area (Å²) < 4.78 is 0. The van der Waals surface area contributed by atoms with E-state index in [4.69, 9.17) is 40.9 Å². The largest absolute Gasteiger partial charge is 0.507 e. The van der Waals surface area contributed by atoms with Crippen molar-refractivity contribution in [3.8, 4) is 28.7 Å². The second-order valence-electron chi connectivity index (χ2n) is 42.2. The number of phenols is 5. The van der Waals surface area contributed by atoms with Crippen LogP contribution in [0.2, 0.25) is 0 Å². The van der Waals surface area contributed by atoms with Crippen molar-refractivity contribution in [2.24, 2.45) is 11.3 Å². The normalized spacial score (nSPS) is 12.7. The van der Waals surface area contributed by atoms with E-state index in [2.05, 4.69) is 215 Å². The minimum Gasteiger partial charge on any atom is -0.507 e. The molecule has 1 atom stereocenters. The maximum Gasteiger partial charge on any atom is 0.306 e. The van der Waals surface area contributed by atoms with Gasteiger partial charge in [0.2, 0.25) is 0 Å². The van der Waals surface area contributed by atoms with Crippen molar-refractivity contribution in [1.29, 1.82) is 0 Å². The van der Waals surface area contributed by atoms with Crippen LogP contribution >= 0.6 is 0 Å². The molecular formula is C98H158O19. The molecule has 0 spiro atoms. The van der Waals surface area contributed by atoms with Crippen LogP contribution in [0.15, 0.2) is 60.7 Å². The van der Waals surface area contributed by atoms with E-state index in [1.54, 1.807) is 0 Å². The van der Waals surface area contributed by atoms with E-state index in [0.717, 1.165) is 103 Å². The van der Waals surface area contributed by atoms with Crippen molar-refractivity contribution in [3.63, 3.8) is 0 Å². The molecule has 0 bridgehead atoms. The summed E-state index contributed by atoms with van der Waals surface area (Å²) >= 11 is 0. The Balaban J connectivity index is 0.00000141. The van der Waals surface area contributed by atoms with E-state index in [1.165, 1.54) is 25.7 Å². The fourth-order valence-corrected chi connectivity index (χ4v) is 13.0. The number of carboxylic acid groups (broad SMARTS) is 5. The fourth-order valence-electron chi connectivity index (χ4n) is 13.0. The SMILES string of the molecule is CC(C)(C)c1cc(CCC(=O)O)cc(C(C)(C)C)c1O.CC(C)(C)c1cc(CCC(=O)O)cc(C(C)(C)C)c1O.CC(C)(C)c1cc(CCC(=O)O)cc(C(C)(C)C)c1O.CC(C)(C)c1cc(CCC(=O)O)cc(C(C)(C)C)c1O.CCCCCCCCC(Cc1cc(C(C)(C)C)c(O)c(C(C)(C)C)c1)C(=O)O.OCC(CO)(CO)CO. The first-order chi connectivity index (χ1) is 52.8. The van der Waals surface area contributed by atoms with E-state index in [1.807, 2.05) is 60.7 Å². The molecule has 117 heavy (non-hydrogen) atoms. The van der Waals surface area contributed by atoms with Crippen LogP contribution in [0.25, 0.3) is 0 Å². The molecule has 14 N–H and O–H groups in total. The minimum absolute atomic E-state index is 0.109. The Morgan fingerprint density at radius 2 is 0.427 bits per heavy atom. The summed E-state index contributed by atoms with van der Waals surface area (Å²) in [5.41, 5.74) is 10.8. The predicted molar refractivity (Wildman–Crippen MR) is 475 cm³/mol. The lowest BCUT2D eigenvalue weighted by Gasteiger charge is -2.28. The topological polar surface area (TPSA) is 369 Å². The predicted octanol–water partition coefficient (Wildman–Crippen LogP) is 20.9. The molecule has 0 saturated carbocycles. The zero-order chi connectivity index (χ0) is 91.7. The van der Waals surface area contributed by atoms with Crippen LogP contribution in [0.4, 0.5) is 0 Å². The molecule has 5 aromatic rings. The Kier molecular flexibility index (Phi) is 42.1. The molecule has 0 fully saturated rings. The number of aliphatic hydroxyl groups excluding tert-OH is 4. The van der Waals surface area contributed by atoms with Gasteiger partial charge in [-0.15, -0.1) is 0 Å². The number of aromatic hydroxyl groups is 5. The van der Waals surface area contributed by atoms with Gasteiger partial charge in [0.25, 0.3) is 0 Å². The molecule has 0 radical (unpaired) electrons. The molecule has 0 amide bonds. The van der Waals surface area contributed by atoms with Gasteiger partial charge in [0.05, 0.1) is 37.8 Å². The minimum atomic E-state index is -1.11. The van der Waals surface area contributed by atoms with E-state index >= 15 is 0 Å². The van der Waals surface area contributed by atoms with Crippen molar-refractivity contribution in [3.05, 3.63) is 144 Å². The van der Waals surface area contributed by atoms with Crippen molar-refractivity contribution >= 4 is 29.8 Å². The first-order valence-corrected chi connectivity index (χ1v) is 41.7. The van der Waals surface area contributed by atoms with Crippen LogP contribution < -0.4 is 0 Å². The standard InChI is InChI=1S/C25H42O3.4C17H26O3.C5H12O4/c1-8-9-10-11-12-13-14-19(23(27)28)15-18-16-20(24(2,3)4)22(26)21(17-18)25(5,6)7;4*1-16(2,3)12-9-11(7-8-14(18)19)10-13(15(12)20)17(4,5)6;6-1-5(2-7,3-8)4-9/h16-17,19,26H,8-15H2,1-7H3,(H,27,28);4*9-10,20H,7-8H2,1-6H3,(H,18,19);6-9H,1-4H2. The molecule has 0 aliphatic heterocycles. The lowest BCUT2D eigenvalue weighted by Crippen LogP contribution is -2.37. The van der Waals surface area contributed by atoms with Gasteiger partial charge in [-0.1, -0.05) is 314 Å². The summed E-state index contributed by atoms with van der Waals surface area (Å²) in [6.45, 7) is 62.3. The highest BCUT2D eigenvalue weighted by molar-refractivity contribution is 5.71. The summed E-state index contributed by atoms with van der Waals surface area (Å²) in [5, 5.41) is 132. The van der Waals surface area contributed by atoms with Gasteiger partial charge >= 0.3 is 29.8 Å². The number of hydrogen-bond donors (Lipinski definition) is 14. The quantitative estimate of drug-likeness (QED) is 0.0229. The van der Waals surface area contributed by atoms with Crippen LogP contribution in [-0.4, -0.2) is 128 Å². The molecule has 0 heterocycles. The Morgan fingerprint density at radius 1 is 0.265 bits per heavy atom. The number of phenolic OH excluding ortho intramolecular Hbond substituents is 5. The van der Waals surface area contributed by atoms with Crippen LogP contribution in [0.5, 0.6) is 28.7 Å². The average molecular weight is 1640 g/mol. The van der Waals surface area contributed by atoms with Crippen molar-refractivity contribution in [2.75, 3.05) is 26.4 Å². The van der Waals surface area contributed by atoms with E-state index in [-0.39, 0.29) is 85.8 Å². The summed E-state index contributed by atoms with van der Waals surface area (Å²) in [5.74, 6) is -2.57. The molecule has 664 valence electrons. The maximum absolute atomic E-state index is 11.9. The van der Waals surface area contributed by atoms with Gasteiger partial charge in [-0.05, 0) is 176 Å². The van der Waals surface area contributed by atoms with Crippen molar-refractivity contribution in [1.82, 2.24) is 0 Å². The lowest BCUT2D eigenvalue weighted by molar-refractivity contribution is -0.142. The van der Waals surface area contributed by atoms with Crippen LogP contribution in [0, 0.1) is 11.3 Å². The molecule has 5 aromatic carbocycles. The number of rotatable bonds is 26. The van der Waals surface area contributed by atoms with Gasteiger partial charge in [-0.3, -0.25) is 24.0 Å². The number of carboxylic acids is 5. The average Bonchev–Trinajstić information content (AvgIpc) is 0.810. The van der Waals surface area contributed by atoms with Crippen LogP contribution in [0.1, 0.15) is 369 Å². The third kappa shape index (κ3) is 37.6. The summed E-state index contributed by atoms with van der Waals surface area (Å²) in [4.78, 5) is 54.9. The third-order valence-electron chi connectivity index (χ3n) is 20.5. The van der Waals surface area contributed by atoms with Gasteiger partial charge in [-0.25, -0.2) is 0 Å². The van der Waals surface area contributed by atoms with Gasteiger partial charge in [0, 0.05) is 25.7 Å². The zero-order valence-corrected chi connectivity index (χ0v) is 77.8. The van der Waals surface area contributed by atoms with Gasteiger partial charge in [0.15, 0.2) is 0 Å². The first-order valence-electron chi connectivity index (χ1n) is 41.7. The number of aliphatic carboxylic acids is 5. The van der Waals surface area contributed by atoms with Crippen LogP contribution in [0.3, 0.4) is 0 Å². The molecule has 0 saturated heterocycles. The smallest absolute Gasteiger partial charge is 0.306 e. The van der Waals surface area contributed by atoms with Crippen molar-refractivity contribution in [2.45, 2.75) is 372 Å². The maximum atomic E-state index is 11.9. The highest BCUT2D eigenvalue weighted by atomic mass is 16.4. The monoisotopic (exact) mass is 1640 g/mol. The Morgan fingerprint density at radius 3 is 0.564 bits per heavy atom. The fraction of sp³-hybridized carbons (Fsp3) is 0.643. The van der Waals surface area contributed by atoms with Gasteiger partial charge in [-0.2, -0.15) is 0 Å². The third-order valence-corrected chi connectivity index (χ3v) is 20.5. The molecule has 19 heteroatoms. The molecular weight excluding hydrogens is 1480 g/mol. The number of carbonyl (C=O) groups is 5.